The summed E-state index contributed by atoms with van der Waals surface area (Å²) in [4.78, 5) is 48.5. The van der Waals surface area contributed by atoms with Crippen LogP contribution in [0.15, 0.2) is 0 Å². The first-order chi connectivity index (χ1) is 14.8. The van der Waals surface area contributed by atoms with Crippen LogP contribution < -0.4 is 16.0 Å². The summed E-state index contributed by atoms with van der Waals surface area (Å²) in [7, 11) is 0. The van der Waals surface area contributed by atoms with Crippen molar-refractivity contribution in [1.82, 2.24) is 16.0 Å². The lowest BCUT2D eigenvalue weighted by Crippen LogP contribution is -2.49. The second-order valence-electron chi connectivity index (χ2n) is 10.4. The molecule has 0 aromatic carbocycles. The molecule has 8 heteroatoms. The van der Waals surface area contributed by atoms with Crippen molar-refractivity contribution in [1.29, 1.82) is 0 Å². The molecule has 0 aromatic rings. The standard InChI is InChI=1S/C23H35N3O5/c1-14(21(29)26-22(30)25-18-4-2-3-5-18)31-20(28)13-24-19(27)12-23-9-15-6-16(10-23)8-17(7-15)11-23/h14-18H,2-13H2,1H3,(H,24,27)(H2,25,26,29,30)/t14-,15?,16?,17?,23?/m1/s1. The first-order valence-electron chi connectivity index (χ1n) is 11.9. The quantitative estimate of drug-likeness (QED) is 0.534. The lowest BCUT2D eigenvalue weighted by atomic mass is 9.49. The maximum Gasteiger partial charge on any atom is 0.326 e. The summed E-state index contributed by atoms with van der Waals surface area (Å²) in [5.41, 5.74) is 0.114. The highest BCUT2D eigenvalue weighted by atomic mass is 16.5. The fourth-order valence-electron chi connectivity index (χ4n) is 6.88. The monoisotopic (exact) mass is 433 g/mol. The average molecular weight is 434 g/mol. The summed E-state index contributed by atoms with van der Waals surface area (Å²) in [6.45, 7) is 1.14. The predicted molar refractivity (Wildman–Crippen MR) is 113 cm³/mol. The minimum atomic E-state index is -1.11. The molecule has 0 spiro atoms. The van der Waals surface area contributed by atoms with Gasteiger partial charge in [0.2, 0.25) is 5.91 Å². The van der Waals surface area contributed by atoms with Gasteiger partial charge in [0.05, 0.1) is 0 Å². The van der Waals surface area contributed by atoms with E-state index in [0.29, 0.717) is 6.42 Å². The number of esters is 1. The number of ether oxygens (including phenoxy) is 1. The summed E-state index contributed by atoms with van der Waals surface area (Å²) in [5, 5.41) is 7.63. The third kappa shape index (κ3) is 5.57. The van der Waals surface area contributed by atoms with E-state index in [1.165, 1.54) is 26.2 Å². The summed E-state index contributed by atoms with van der Waals surface area (Å²) in [6, 6.07) is -0.474. The lowest BCUT2D eigenvalue weighted by molar-refractivity contribution is -0.154. The molecule has 5 aliphatic carbocycles. The van der Waals surface area contributed by atoms with E-state index in [2.05, 4.69) is 16.0 Å². The van der Waals surface area contributed by atoms with Crippen molar-refractivity contribution in [3.63, 3.8) is 0 Å². The number of nitrogens with one attached hydrogen (secondary N) is 3. The highest BCUT2D eigenvalue weighted by Crippen LogP contribution is 2.61. The van der Waals surface area contributed by atoms with Crippen LogP contribution in [0.3, 0.4) is 0 Å². The molecule has 0 radical (unpaired) electrons. The minimum Gasteiger partial charge on any atom is -0.451 e. The molecule has 0 saturated heterocycles. The molecule has 0 aromatic heterocycles. The van der Waals surface area contributed by atoms with Gasteiger partial charge in [-0.3, -0.25) is 19.7 Å². The van der Waals surface area contributed by atoms with Crippen LogP contribution in [0.4, 0.5) is 4.79 Å². The van der Waals surface area contributed by atoms with Gasteiger partial charge < -0.3 is 15.4 Å². The summed E-state index contributed by atoms with van der Waals surface area (Å²) >= 11 is 0. The molecule has 5 rings (SSSR count). The average Bonchev–Trinajstić information content (AvgIpc) is 3.17. The lowest BCUT2D eigenvalue weighted by Gasteiger charge is -2.56. The van der Waals surface area contributed by atoms with Crippen LogP contribution in [0.25, 0.3) is 0 Å². The molecule has 4 amide bonds. The number of hydrogen-bond donors (Lipinski definition) is 3. The Labute approximate surface area is 183 Å². The van der Waals surface area contributed by atoms with Gasteiger partial charge in [0.25, 0.3) is 5.91 Å². The molecular weight excluding hydrogens is 398 g/mol. The second-order valence-corrected chi connectivity index (χ2v) is 10.4. The van der Waals surface area contributed by atoms with E-state index < -0.39 is 24.0 Å². The molecule has 5 fully saturated rings. The van der Waals surface area contributed by atoms with Gasteiger partial charge in [0.1, 0.15) is 6.54 Å². The van der Waals surface area contributed by atoms with Crippen LogP contribution in [0.1, 0.15) is 77.6 Å². The van der Waals surface area contributed by atoms with Crippen LogP contribution in [-0.4, -0.2) is 42.5 Å². The molecule has 8 nitrogen and oxygen atoms in total. The van der Waals surface area contributed by atoms with Crippen LogP contribution >= 0.6 is 0 Å². The maximum atomic E-state index is 12.5. The molecule has 0 heterocycles. The Kier molecular flexibility index (Phi) is 6.53. The molecule has 5 saturated carbocycles. The van der Waals surface area contributed by atoms with Crippen molar-refractivity contribution in [2.75, 3.05) is 6.54 Å². The smallest absolute Gasteiger partial charge is 0.326 e. The topological polar surface area (TPSA) is 114 Å². The molecule has 31 heavy (non-hydrogen) atoms. The fraction of sp³-hybridized carbons (Fsp3) is 0.826. The number of amides is 4. The molecule has 3 N–H and O–H groups in total. The second kappa shape index (κ2) is 9.17. The molecule has 172 valence electrons. The van der Waals surface area contributed by atoms with Gasteiger partial charge in [-0.05, 0) is 81.5 Å². The van der Waals surface area contributed by atoms with Crippen molar-refractivity contribution in [2.24, 2.45) is 23.2 Å². The zero-order chi connectivity index (χ0) is 22.0. The van der Waals surface area contributed by atoms with Gasteiger partial charge in [-0.25, -0.2) is 4.79 Å². The zero-order valence-corrected chi connectivity index (χ0v) is 18.4. The van der Waals surface area contributed by atoms with Crippen LogP contribution in [-0.2, 0) is 19.1 Å². The first-order valence-corrected chi connectivity index (χ1v) is 11.9. The number of imide groups is 1. The van der Waals surface area contributed by atoms with Crippen molar-refractivity contribution in [3.8, 4) is 0 Å². The SMILES string of the molecule is C[C@@H](OC(=O)CNC(=O)CC12CC3CC(CC(C3)C1)C2)C(=O)NC(=O)NC1CCCC1. The van der Waals surface area contributed by atoms with Crippen molar-refractivity contribution in [2.45, 2.75) is 89.7 Å². The minimum absolute atomic E-state index is 0.0924. The van der Waals surface area contributed by atoms with Gasteiger partial charge in [0.15, 0.2) is 6.10 Å². The molecule has 0 unspecified atom stereocenters. The van der Waals surface area contributed by atoms with Gasteiger partial charge in [-0.2, -0.15) is 0 Å². The third-order valence-corrected chi connectivity index (χ3v) is 7.74. The third-order valence-electron chi connectivity index (χ3n) is 7.74. The van der Waals surface area contributed by atoms with Gasteiger partial charge in [0, 0.05) is 12.5 Å². The molecule has 5 aliphatic rings. The Bertz CT molecular complexity index is 695. The largest absolute Gasteiger partial charge is 0.451 e. The van der Waals surface area contributed by atoms with E-state index in [4.69, 9.17) is 4.74 Å². The number of urea groups is 1. The molecule has 1 atom stereocenters. The summed E-state index contributed by atoms with van der Waals surface area (Å²) < 4.78 is 5.08. The molecule has 4 bridgehead atoms. The molecule has 0 aliphatic heterocycles. The Morgan fingerprint density at radius 1 is 0.968 bits per heavy atom. The van der Waals surface area contributed by atoms with E-state index in [1.807, 2.05) is 0 Å². The Morgan fingerprint density at radius 2 is 1.55 bits per heavy atom. The Balaban J connectivity index is 1.15. The van der Waals surface area contributed by atoms with Gasteiger partial charge in [-0.1, -0.05) is 12.8 Å². The number of rotatable bonds is 7. The van der Waals surface area contributed by atoms with Crippen LogP contribution in [0.5, 0.6) is 0 Å². The number of carbonyl (C=O) groups excluding carboxylic acids is 4. The first kappa shape index (κ1) is 22.1. The highest BCUT2D eigenvalue weighted by molar-refractivity contribution is 5.97. The van der Waals surface area contributed by atoms with Crippen LogP contribution in [0, 0.1) is 23.2 Å². The van der Waals surface area contributed by atoms with Crippen molar-refractivity contribution >= 4 is 23.8 Å². The fourth-order valence-corrected chi connectivity index (χ4v) is 6.88. The Morgan fingerprint density at radius 3 is 2.13 bits per heavy atom. The van der Waals surface area contributed by atoms with E-state index >= 15 is 0 Å². The van der Waals surface area contributed by atoms with Crippen LogP contribution in [0.2, 0.25) is 0 Å². The maximum absolute atomic E-state index is 12.5. The highest BCUT2D eigenvalue weighted by Gasteiger charge is 2.51. The number of hydrogen-bond acceptors (Lipinski definition) is 5. The van der Waals surface area contributed by atoms with E-state index in [1.54, 1.807) is 0 Å². The van der Waals surface area contributed by atoms with E-state index in [-0.39, 0.29) is 23.9 Å². The van der Waals surface area contributed by atoms with Gasteiger partial charge in [-0.15, -0.1) is 0 Å². The van der Waals surface area contributed by atoms with Gasteiger partial charge >= 0.3 is 12.0 Å². The molecular formula is C23H35N3O5. The van der Waals surface area contributed by atoms with E-state index in [0.717, 1.165) is 62.7 Å². The summed E-state index contributed by atoms with van der Waals surface area (Å²) in [6.07, 6.45) is 10.7. The van der Waals surface area contributed by atoms with Crippen molar-refractivity contribution in [3.05, 3.63) is 0 Å². The Hall–Kier alpha value is -2.12. The number of carbonyl (C=O) groups is 4. The normalized spacial score (nSPS) is 32.4. The van der Waals surface area contributed by atoms with E-state index in [9.17, 15) is 19.2 Å². The summed E-state index contributed by atoms with van der Waals surface area (Å²) in [5.74, 6) is 0.839. The van der Waals surface area contributed by atoms with Crippen molar-refractivity contribution < 1.29 is 23.9 Å². The zero-order valence-electron chi connectivity index (χ0n) is 18.4. The predicted octanol–water partition coefficient (Wildman–Crippen LogP) is 2.41.